The third-order valence-corrected chi connectivity index (χ3v) is 5.22. The molecular formula is C15H27NO2. The molecule has 0 aromatic heterocycles. The van der Waals surface area contributed by atoms with E-state index in [9.17, 15) is 4.79 Å². The SMILES string of the molecule is CCC(C)(CCO)NC(=O)CC1CC2CCC1C2. The highest BCUT2D eigenvalue weighted by Crippen LogP contribution is 2.49. The normalized spacial score (nSPS) is 33.4. The summed E-state index contributed by atoms with van der Waals surface area (Å²) in [5.74, 6) is 2.53. The van der Waals surface area contributed by atoms with Crippen molar-refractivity contribution in [2.24, 2.45) is 17.8 Å². The highest BCUT2D eigenvalue weighted by atomic mass is 16.3. The van der Waals surface area contributed by atoms with Gasteiger partial charge in [-0.3, -0.25) is 4.79 Å². The van der Waals surface area contributed by atoms with E-state index in [1.807, 2.05) is 6.92 Å². The fourth-order valence-corrected chi connectivity index (χ4v) is 3.83. The predicted molar refractivity (Wildman–Crippen MR) is 72.1 cm³/mol. The van der Waals surface area contributed by atoms with Crippen molar-refractivity contribution in [2.45, 2.75) is 64.3 Å². The average molecular weight is 253 g/mol. The van der Waals surface area contributed by atoms with Crippen LogP contribution >= 0.6 is 0 Å². The van der Waals surface area contributed by atoms with Crippen molar-refractivity contribution in [3.63, 3.8) is 0 Å². The summed E-state index contributed by atoms with van der Waals surface area (Å²) in [7, 11) is 0. The first-order valence-corrected chi connectivity index (χ1v) is 7.48. The second-order valence-corrected chi connectivity index (χ2v) is 6.58. The molecule has 18 heavy (non-hydrogen) atoms. The van der Waals surface area contributed by atoms with Gasteiger partial charge >= 0.3 is 0 Å². The van der Waals surface area contributed by atoms with E-state index in [0.717, 1.165) is 18.3 Å². The molecule has 2 aliphatic carbocycles. The molecule has 0 radical (unpaired) electrons. The Kier molecular flexibility index (Phi) is 4.31. The fraction of sp³-hybridized carbons (Fsp3) is 0.933. The molecule has 0 spiro atoms. The van der Waals surface area contributed by atoms with E-state index in [2.05, 4.69) is 12.2 Å². The summed E-state index contributed by atoms with van der Waals surface area (Å²) in [6.07, 6.45) is 7.56. The van der Waals surface area contributed by atoms with E-state index in [1.54, 1.807) is 0 Å². The maximum atomic E-state index is 12.1. The Morgan fingerprint density at radius 2 is 2.17 bits per heavy atom. The zero-order valence-electron chi connectivity index (χ0n) is 11.7. The molecule has 2 N–H and O–H groups in total. The lowest BCUT2D eigenvalue weighted by molar-refractivity contribution is -0.124. The van der Waals surface area contributed by atoms with Gasteiger partial charge in [-0.15, -0.1) is 0 Å². The standard InChI is InChI=1S/C15H27NO2/c1-3-15(2,6-7-17)16-14(18)10-13-9-11-4-5-12(13)8-11/h11-13,17H,3-10H2,1-2H3,(H,16,18). The minimum absolute atomic E-state index is 0.138. The van der Waals surface area contributed by atoms with Gasteiger partial charge in [-0.2, -0.15) is 0 Å². The van der Waals surface area contributed by atoms with Crippen LogP contribution in [0, 0.1) is 17.8 Å². The van der Waals surface area contributed by atoms with E-state index < -0.39 is 0 Å². The van der Waals surface area contributed by atoms with Gasteiger partial charge in [0.1, 0.15) is 0 Å². The van der Waals surface area contributed by atoms with Crippen LogP contribution in [0.2, 0.25) is 0 Å². The van der Waals surface area contributed by atoms with E-state index >= 15 is 0 Å². The van der Waals surface area contributed by atoms with Crippen molar-refractivity contribution in [2.75, 3.05) is 6.61 Å². The van der Waals surface area contributed by atoms with Gasteiger partial charge in [-0.1, -0.05) is 13.3 Å². The van der Waals surface area contributed by atoms with Crippen molar-refractivity contribution in [1.29, 1.82) is 0 Å². The molecule has 2 saturated carbocycles. The number of carbonyl (C=O) groups excluding carboxylic acids is 1. The average Bonchev–Trinajstić information content (AvgIpc) is 2.91. The monoisotopic (exact) mass is 253 g/mol. The van der Waals surface area contributed by atoms with Gasteiger partial charge in [0.15, 0.2) is 0 Å². The van der Waals surface area contributed by atoms with Crippen LogP contribution in [0.25, 0.3) is 0 Å². The molecule has 2 fully saturated rings. The zero-order valence-corrected chi connectivity index (χ0v) is 11.7. The Bertz CT molecular complexity index is 305. The van der Waals surface area contributed by atoms with Crippen LogP contribution in [0.5, 0.6) is 0 Å². The largest absolute Gasteiger partial charge is 0.396 e. The predicted octanol–water partition coefficient (Wildman–Crippen LogP) is 2.48. The third kappa shape index (κ3) is 3.05. The van der Waals surface area contributed by atoms with Crippen LogP contribution in [-0.4, -0.2) is 23.2 Å². The number of rotatable bonds is 6. The van der Waals surface area contributed by atoms with Gasteiger partial charge in [-0.05, 0) is 56.8 Å². The molecular weight excluding hydrogens is 226 g/mol. The first-order valence-electron chi connectivity index (χ1n) is 7.48. The lowest BCUT2D eigenvalue weighted by Gasteiger charge is -2.30. The summed E-state index contributed by atoms with van der Waals surface area (Å²) in [6, 6.07) is 0. The Hall–Kier alpha value is -0.570. The summed E-state index contributed by atoms with van der Waals surface area (Å²) in [5.41, 5.74) is -0.233. The van der Waals surface area contributed by atoms with Crippen LogP contribution in [-0.2, 0) is 4.79 Å². The van der Waals surface area contributed by atoms with E-state index in [1.165, 1.54) is 25.7 Å². The molecule has 1 amide bonds. The highest BCUT2D eigenvalue weighted by molar-refractivity contribution is 5.77. The van der Waals surface area contributed by atoms with E-state index in [-0.39, 0.29) is 18.1 Å². The number of carbonyl (C=O) groups is 1. The van der Waals surface area contributed by atoms with Gasteiger partial charge in [-0.25, -0.2) is 0 Å². The molecule has 0 heterocycles. The maximum Gasteiger partial charge on any atom is 0.220 e. The molecule has 4 atom stereocenters. The van der Waals surface area contributed by atoms with Gasteiger partial charge < -0.3 is 10.4 Å². The van der Waals surface area contributed by atoms with Crippen molar-refractivity contribution < 1.29 is 9.90 Å². The molecule has 3 heteroatoms. The van der Waals surface area contributed by atoms with Gasteiger partial charge in [0.05, 0.1) is 0 Å². The first kappa shape index (κ1) is 13.9. The molecule has 0 aliphatic heterocycles. The Morgan fingerprint density at radius 3 is 2.67 bits per heavy atom. The molecule has 0 aromatic carbocycles. The van der Waals surface area contributed by atoms with Crippen LogP contribution in [0.1, 0.15) is 58.8 Å². The zero-order chi connectivity index (χ0) is 13.2. The molecule has 2 bridgehead atoms. The number of fused-ring (bicyclic) bond motifs is 2. The van der Waals surface area contributed by atoms with Crippen LogP contribution in [0.15, 0.2) is 0 Å². The summed E-state index contributed by atoms with van der Waals surface area (Å²) in [4.78, 5) is 12.1. The number of amides is 1. The Labute approximate surface area is 110 Å². The molecule has 2 aliphatic rings. The maximum absolute atomic E-state index is 12.1. The van der Waals surface area contributed by atoms with Crippen molar-refractivity contribution in [3.05, 3.63) is 0 Å². The summed E-state index contributed by atoms with van der Waals surface area (Å²) < 4.78 is 0. The summed E-state index contributed by atoms with van der Waals surface area (Å²) >= 11 is 0. The molecule has 3 nitrogen and oxygen atoms in total. The van der Waals surface area contributed by atoms with Crippen molar-refractivity contribution in [1.82, 2.24) is 5.32 Å². The Balaban J connectivity index is 1.81. The second kappa shape index (κ2) is 5.60. The number of hydrogen-bond acceptors (Lipinski definition) is 2. The molecule has 104 valence electrons. The molecule has 0 aromatic rings. The van der Waals surface area contributed by atoms with Gasteiger partial charge in [0, 0.05) is 18.6 Å². The number of hydrogen-bond donors (Lipinski definition) is 2. The minimum Gasteiger partial charge on any atom is -0.396 e. The molecule has 0 saturated heterocycles. The fourth-order valence-electron chi connectivity index (χ4n) is 3.83. The van der Waals surface area contributed by atoms with Crippen molar-refractivity contribution >= 4 is 5.91 Å². The smallest absolute Gasteiger partial charge is 0.220 e. The number of aliphatic hydroxyl groups is 1. The van der Waals surface area contributed by atoms with Crippen LogP contribution in [0.3, 0.4) is 0 Å². The van der Waals surface area contributed by atoms with Crippen LogP contribution < -0.4 is 5.32 Å². The topological polar surface area (TPSA) is 49.3 Å². The summed E-state index contributed by atoms with van der Waals surface area (Å²) in [5, 5.41) is 12.2. The Morgan fingerprint density at radius 1 is 1.39 bits per heavy atom. The summed E-state index contributed by atoms with van der Waals surface area (Å²) in [6.45, 7) is 4.23. The van der Waals surface area contributed by atoms with Gasteiger partial charge in [0.25, 0.3) is 0 Å². The van der Waals surface area contributed by atoms with E-state index in [0.29, 0.717) is 18.8 Å². The quantitative estimate of drug-likeness (QED) is 0.764. The van der Waals surface area contributed by atoms with Gasteiger partial charge in [0.2, 0.25) is 5.91 Å². The first-order chi connectivity index (χ1) is 8.56. The highest BCUT2D eigenvalue weighted by Gasteiger charge is 2.40. The lowest BCUT2D eigenvalue weighted by Crippen LogP contribution is -2.46. The third-order valence-electron chi connectivity index (χ3n) is 5.22. The van der Waals surface area contributed by atoms with Crippen LogP contribution in [0.4, 0.5) is 0 Å². The second-order valence-electron chi connectivity index (χ2n) is 6.58. The van der Waals surface area contributed by atoms with Crippen molar-refractivity contribution in [3.8, 4) is 0 Å². The molecule has 2 rings (SSSR count). The molecule has 4 unspecified atom stereocenters. The number of nitrogens with one attached hydrogen (secondary N) is 1. The number of aliphatic hydroxyl groups excluding tert-OH is 1. The van der Waals surface area contributed by atoms with E-state index in [4.69, 9.17) is 5.11 Å². The lowest BCUT2D eigenvalue weighted by atomic mass is 9.85. The minimum atomic E-state index is -0.233.